The maximum Gasteiger partial charge on any atom is 0.255 e. The number of likely N-dealkylation sites (tertiary alicyclic amines) is 2. The van der Waals surface area contributed by atoms with E-state index in [1.54, 1.807) is 18.5 Å². The maximum absolute atomic E-state index is 13.5. The molecule has 0 N–H and O–H groups in total. The van der Waals surface area contributed by atoms with Crippen LogP contribution in [0.15, 0.2) is 49.1 Å². The van der Waals surface area contributed by atoms with Crippen LogP contribution in [0.4, 0.5) is 0 Å². The molecule has 3 aliphatic rings. The molecule has 2 amide bonds. The molecule has 0 radical (unpaired) electrons. The van der Waals surface area contributed by atoms with Crippen LogP contribution in [0.5, 0.6) is 0 Å². The minimum atomic E-state index is -0.220. The highest BCUT2D eigenvalue weighted by Crippen LogP contribution is 2.59. The van der Waals surface area contributed by atoms with E-state index in [4.69, 9.17) is 0 Å². The van der Waals surface area contributed by atoms with Gasteiger partial charge in [0.15, 0.2) is 0 Å². The summed E-state index contributed by atoms with van der Waals surface area (Å²) in [5, 5.41) is 0. The van der Waals surface area contributed by atoms with Crippen molar-refractivity contribution in [1.82, 2.24) is 19.8 Å². The highest BCUT2D eigenvalue weighted by atomic mass is 16.2. The van der Waals surface area contributed by atoms with Crippen LogP contribution >= 0.6 is 0 Å². The van der Waals surface area contributed by atoms with Crippen LogP contribution in [0.1, 0.15) is 66.9 Å². The Morgan fingerprint density at radius 3 is 2.37 bits per heavy atom. The van der Waals surface area contributed by atoms with Gasteiger partial charge in [0.2, 0.25) is 5.91 Å². The molecule has 1 saturated carbocycles. The lowest BCUT2D eigenvalue weighted by atomic mass is 9.59. The molecule has 2 aliphatic heterocycles. The lowest BCUT2D eigenvalue weighted by Gasteiger charge is -2.61. The number of aromatic nitrogens is 2. The van der Waals surface area contributed by atoms with Crippen LogP contribution < -0.4 is 0 Å². The van der Waals surface area contributed by atoms with Gasteiger partial charge in [-0.05, 0) is 55.5 Å². The van der Waals surface area contributed by atoms with Gasteiger partial charge in [0.1, 0.15) is 0 Å². The molecule has 5 rings (SSSR count). The van der Waals surface area contributed by atoms with Crippen molar-refractivity contribution >= 4 is 11.8 Å². The predicted octanol–water partition coefficient (Wildman–Crippen LogP) is 3.62. The molecule has 1 unspecified atom stereocenters. The Morgan fingerprint density at radius 1 is 0.967 bits per heavy atom. The smallest absolute Gasteiger partial charge is 0.255 e. The largest absolute Gasteiger partial charge is 0.338 e. The second-order valence-electron chi connectivity index (χ2n) is 8.88. The first-order valence-corrected chi connectivity index (χ1v) is 11.1. The Bertz CT molecular complexity index is 903. The highest BCUT2D eigenvalue weighted by molar-refractivity contribution is 5.94. The minimum absolute atomic E-state index is 0.0333. The third-order valence-electron chi connectivity index (χ3n) is 7.28. The second-order valence-corrected chi connectivity index (χ2v) is 8.88. The molecule has 156 valence electrons. The van der Waals surface area contributed by atoms with Crippen LogP contribution in [0.2, 0.25) is 0 Å². The first kappa shape index (κ1) is 19.2. The maximum atomic E-state index is 13.5. The van der Waals surface area contributed by atoms with Crippen molar-refractivity contribution in [3.05, 3.63) is 60.2 Å². The number of β-lactam (4-membered cyclic amide) rings is 1. The van der Waals surface area contributed by atoms with Crippen molar-refractivity contribution < 1.29 is 9.59 Å². The molecule has 1 spiro atoms. The van der Waals surface area contributed by atoms with Crippen molar-refractivity contribution in [1.29, 1.82) is 0 Å². The number of amides is 2. The molecular weight excluding hydrogens is 376 g/mol. The topological polar surface area (TPSA) is 66.4 Å². The van der Waals surface area contributed by atoms with Gasteiger partial charge in [-0.1, -0.05) is 19.3 Å². The molecular formula is C24H28N4O2. The summed E-state index contributed by atoms with van der Waals surface area (Å²) in [7, 11) is 0. The van der Waals surface area contributed by atoms with Gasteiger partial charge in [0.05, 0.1) is 17.0 Å². The summed E-state index contributed by atoms with van der Waals surface area (Å²) in [5.41, 5.74) is 1.62. The summed E-state index contributed by atoms with van der Waals surface area (Å²) >= 11 is 0. The molecule has 0 aromatic carbocycles. The van der Waals surface area contributed by atoms with E-state index >= 15 is 0 Å². The molecule has 2 aromatic rings. The molecule has 2 saturated heterocycles. The number of pyridine rings is 2. The van der Waals surface area contributed by atoms with Crippen LogP contribution in [-0.4, -0.2) is 50.7 Å². The van der Waals surface area contributed by atoms with Gasteiger partial charge >= 0.3 is 0 Å². The number of carbonyl (C=O) groups is 2. The standard InChI is InChI=1S/C24H28N4O2/c29-22(19-5-4-12-26-17-19)27-15-8-20(9-16-27)28-21(18-6-13-25-14-7-18)24(23(28)30)10-2-1-3-11-24/h4-7,12-14,17,20-21H,1-3,8-11,15-16H2. The van der Waals surface area contributed by atoms with Gasteiger partial charge in [0.25, 0.3) is 5.91 Å². The SMILES string of the molecule is O=C(c1cccnc1)N1CCC(N2C(=O)C3(CCCCC3)C2c2ccncc2)CC1. The van der Waals surface area contributed by atoms with Crippen LogP contribution in [0.3, 0.4) is 0 Å². The molecule has 3 fully saturated rings. The Kier molecular flexibility index (Phi) is 5.01. The monoisotopic (exact) mass is 404 g/mol. The van der Waals surface area contributed by atoms with E-state index in [-0.39, 0.29) is 23.4 Å². The molecule has 1 atom stereocenters. The summed E-state index contributed by atoms with van der Waals surface area (Å²) < 4.78 is 0. The predicted molar refractivity (Wildman–Crippen MR) is 113 cm³/mol. The van der Waals surface area contributed by atoms with Crippen LogP contribution in [0.25, 0.3) is 0 Å². The van der Waals surface area contributed by atoms with E-state index in [9.17, 15) is 9.59 Å². The fraction of sp³-hybridized carbons (Fsp3) is 0.500. The van der Waals surface area contributed by atoms with Gasteiger partial charge in [-0.15, -0.1) is 0 Å². The Hall–Kier alpha value is -2.76. The molecule has 6 heteroatoms. The molecule has 1 aliphatic carbocycles. The Labute approximate surface area is 177 Å². The van der Waals surface area contributed by atoms with E-state index in [0.29, 0.717) is 24.6 Å². The molecule has 30 heavy (non-hydrogen) atoms. The Morgan fingerprint density at radius 2 is 1.70 bits per heavy atom. The number of carbonyl (C=O) groups excluding carboxylic acids is 2. The van der Waals surface area contributed by atoms with Crippen molar-refractivity contribution in [2.45, 2.75) is 57.0 Å². The summed E-state index contributed by atoms with van der Waals surface area (Å²) in [5.74, 6) is 0.368. The highest BCUT2D eigenvalue weighted by Gasteiger charge is 2.62. The average molecular weight is 405 g/mol. The van der Waals surface area contributed by atoms with E-state index in [0.717, 1.165) is 38.5 Å². The van der Waals surface area contributed by atoms with Crippen LogP contribution in [0, 0.1) is 5.41 Å². The minimum Gasteiger partial charge on any atom is -0.338 e. The van der Waals surface area contributed by atoms with Crippen molar-refractivity contribution in [2.24, 2.45) is 5.41 Å². The average Bonchev–Trinajstić information content (AvgIpc) is 2.83. The number of hydrogen-bond acceptors (Lipinski definition) is 4. The van der Waals surface area contributed by atoms with Gasteiger partial charge in [0, 0.05) is 43.9 Å². The van der Waals surface area contributed by atoms with Crippen molar-refractivity contribution in [2.75, 3.05) is 13.1 Å². The lowest BCUT2D eigenvalue weighted by Crippen LogP contribution is -2.67. The number of hydrogen-bond donors (Lipinski definition) is 0. The fourth-order valence-corrected chi connectivity index (χ4v) is 5.78. The third kappa shape index (κ3) is 3.09. The van der Waals surface area contributed by atoms with Gasteiger partial charge in [-0.2, -0.15) is 0 Å². The first-order chi connectivity index (χ1) is 14.7. The quantitative estimate of drug-likeness (QED) is 0.733. The van der Waals surface area contributed by atoms with E-state index in [1.165, 1.54) is 12.0 Å². The third-order valence-corrected chi connectivity index (χ3v) is 7.28. The first-order valence-electron chi connectivity index (χ1n) is 11.1. The van der Waals surface area contributed by atoms with Gasteiger partial charge in [-0.3, -0.25) is 19.6 Å². The molecule has 0 bridgehead atoms. The Balaban J connectivity index is 1.33. The summed E-state index contributed by atoms with van der Waals surface area (Å²) in [6.07, 6.45) is 14.1. The fourth-order valence-electron chi connectivity index (χ4n) is 5.78. The zero-order chi connectivity index (χ0) is 20.6. The van der Waals surface area contributed by atoms with Gasteiger partial charge in [-0.25, -0.2) is 0 Å². The lowest BCUT2D eigenvalue weighted by molar-refractivity contribution is -0.186. The zero-order valence-corrected chi connectivity index (χ0v) is 17.2. The van der Waals surface area contributed by atoms with Crippen molar-refractivity contribution in [3.8, 4) is 0 Å². The zero-order valence-electron chi connectivity index (χ0n) is 17.2. The van der Waals surface area contributed by atoms with E-state index in [2.05, 4.69) is 27.0 Å². The van der Waals surface area contributed by atoms with Crippen LogP contribution in [-0.2, 0) is 4.79 Å². The summed E-state index contributed by atoms with van der Waals surface area (Å²) in [6.45, 7) is 1.36. The summed E-state index contributed by atoms with van der Waals surface area (Å²) in [4.78, 5) is 38.5. The number of rotatable bonds is 3. The number of nitrogens with zero attached hydrogens (tertiary/aromatic N) is 4. The number of piperidine rings is 1. The van der Waals surface area contributed by atoms with E-state index < -0.39 is 0 Å². The van der Waals surface area contributed by atoms with Gasteiger partial charge < -0.3 is 9.80 Å². The van der Waals surface area contributed by atoms with E-state index in [1.807, 2.05) is 23.4 Å². The second kappa shape index (κ2) is 7.82. The summed E-state index contributed by atoms with van der Waals surface area (Å²) in [6, 6.07) is 8.09. The molecule has 4 heterocycles. The molecule has 2 aromatic heterocycles. The molecule has 6 nitrogen and oxygen atoms in total. The normalized spacial score (nSPS) is 24.0. The van der Waals surface area contributed by atoms with Crippen molar-refractivity contribution in [3.63, 3.8) is 0 Å².